The molecule has 23 heavy (non-hydrogen) atoms. The van der Waals surface area contributed by atoms with Gasteiger partial charge in [0.1, 0.15) is 0 Å². The number of benzene rings is 1. The second kappa shape index (κ2) is 9.18. The van der Waals surface area contributed by atoms with Crippen LogP contribution in [0.4, 0.5) is 0 Å². The van der Waals surface area contributed by atoms with Crippen LogP contribution in [0.15, 0.2) is 29.2 Å². The van der Waals surface area contributed by atoms with Crippen LogP contribution in [0.2, 0.25) is 5.02 Å². The summed E-state index contributed by atoms with van der Waals surface area (Å²) in [5.41, 5.74) is 0. The van der Waals surface area contributed by atoms with Gasteiger partial charge in [0.15, 0.2) is 0 Å². The third kappa shape index (κ3) is 6.07. The lowest BCUT2D eigenvalue weighted by atomic mass is 9.97. The van der Waals surface area contributed by atoms with Gasteiger partial charge in [0.05, 0.1) is 5.92 Å². The van der Waals surface area contributed by atoms with E-state index in [4.69, 9.17) is 11.6 Å². The zero-order valence-electron chi connectivity index (χ0n) is 13.4. The van der Waals surface area contributed by atoms with Crippen LogP contribution >= 0.6 is 23.4 Å². The van der Waals surface area contributed by atoms with Crippen molar-refractivity contribution in [2.75, 3.05) is 25.4 Å². The normalized spacial score (nSPS) is 17.8. The lowest BCUT2D eigenvalue weighted by molar-refractivity contribution is -0.133. The zero-order chi connectivity index (χ0) is 16.7. The third-order valence-electron chi connectivity index (χ3n) is 3.94. The maximum absolute atomic E-state index is 12.2. The van der Waals surface area contributed by atoms with Crippen LogP contribution in [0.5, 0.6) is 0 Å². The minimum absolute atomic E-state index is 0.0573. The standard InChI is InChI=1S/C17H23ClN2O2S/c1-13(21)20-10-2-4-14(12-20)17(22)19-9-3-11-23-16-7-5-15(18)6-8-16/h5-8,14H,2-4,9-12H2,1H3,(H,19,22)/t14-/m1/s1. The van der Waals surface area contributed by atoms with Gasteiger partial charge in [0, 0.05) is 36.5 Å². The Bertz CT molecular complexity index is 536. The van der Waals surface area contributed by atoms with Crippen molar-refractivity contribution in [3.8, 4) is 0 Å². The Morgan fingerprint density at radius 2 is 2.09 bits per heavy atom. The third-order valence-corrected chi connectivity index (χ3v) is 5.29. The number of nitrogens with one attached hydrogen (secondary N) is 1. The fourth-order valence-corrected chi connectivity index (χ4v) is 3.60. The van der Waals surface area contributed by atoms with Crippen molar-refractivity contribution in [3.05, 3.63) is 29.3 Å². The van der Waals surface area contributed by atoms with Crippen molar-refractivity contribution in [1.82, 2.24) is 10.2 Å². The summed E-state index contributed by atoms with van der Waals surface area (Å²) >= 11 is 7.61. The number of hydrogen-bond acceptors (Lipinski definition) is 3. The first-order valence-corrected chi connectivity index (χ1v) is 9.34. The van der Waals surface area contributed by atoms with E-state index in [1.54, 1.807) is 23.6 Å². The maximum Gasteiger partial charge on any atom is 0.224 e. The molecule has 0 bridgehead atoms. The minimum Gasteiger partial charge on any atom is -0.356 e. The van der Waals surface area contributed by atoms with Crippen LogP contribution < -0.4 is 5.32 Å². The molecule has 1 aliphatic rings. The van der Waals surface area contributed by atoms with Gasteiger partial charge in [-0.1, -0.05) is 11.6 Å². The summed E-state index contributed by atoms with van der Waals surface area (Å²) in [5.74, 6) is 1.03. The van der Waals surface area contributed by atoms with Crippen molar-refractivity contribution in [2.45, 2.75) is 31.1 Å². The van der Waals surface area contributed by atoms with Crippen molar-refractivity contribution in [3.63, 3.8) is 0 Å². The number of rotatable bonds is 6. The maximum atomic E-state index is 12.2. The minimum atomic E-state index is -0.0587. The molecular weight excluding hydrogens is 332 g/mol. The van der Waals surface area contributed by atoms with Gasteiger partial charge in [-0.15, -0.1) is 11.8 Å². The highest BCUT2D eigenvalue weighted by molar-refractivity contribution is 7.99. The first kappa shape index (κ1) is 18.1. The first-order chi connectivity index (χ1) is 11.1. The Hall–Kier alpha value is -1.20. The van der Waals surface area contributed by atoms with Crippen LogP contribution in [0, 0.1) is 5.92 Å². The quantitative estimate of drug-likeness (QED) is 0.630. The first-order valence-electron chi connectivity index (χ1n) is 7.98. The second-order valence-corrected chi connectivity index (χ2v) is 7.36. The van der Waals surface area contributed by atoms with E-state index in [9.17, 15) is 9.59 Å². The Labute approximate surface area is 146 Å². The highest BCUT2D eigenvalue weighted by Crippen LogP contribution is 2.21. The molecule has 1 fully saturated rings. The van der Waals surface area contributed by atoms with Gasteiger partial charge in [-0.05, 0) is 49.3 Å². The number of hydrogen-bond donors (Lipinski definition) is 1. The van der Waals surface area contributed by atoms with E-state index in [2.05, 4.69) is 5.32 Å². The van der Waals surface area contributed by atoms with Gasteiger partial charge in [-0.2, -0.15) is 0 Å². The summed E-state index contributed by atoms with van der Waals surface area (Å²) < 4.78 is 0. The van der Waals surface area contributed by atoms with E-state index in [-0.39, 0.29) is 17.7 Å². The molecule has 0 unspecified atom stereocenters. The van der Waals surface area contributed by atoms with E-state index < -0.39 is 0 Å². The van der Waals surface area contributed by atoms with Crippen molar-refractivity contribution in [2.24, 2.45) is 5.92 Å². The molecule has 4 nitrogen and oxygen atoms in total. The number of thioether (sulfide) groups is 1. The van der Waals surface area contributed by atoms with Crippen LogP contribution in [0.25, 0.3) is 0 Å². The Morgan fingerprint density at radius 1 is 1.35 bits per heavy atom. The number of carbonyl (C=O) groups is 2. The summed E-state index contributed by atoms with van der Waals surface area (Å²) in [5, 5.41) is 3.74. The van der Waals surface area contributed by atoms with Crippen molar-refractivity contribution < 1.29 is 9.59 Å². The van der Waals surface area contributed by atoms with Gasteiger partial charge in [-0.3, -0.25) is 9.59 Å². The van der Waals surface area contributed by atoms with E-state index in [0.29, 0.717) is 13.1 Å². The predicted molar refractivity (Wildman–Crippen MR) is 94.8 cm³/mol. The lowest BCUT2D eigenvalue weighted by Gasteiger charge is -2.31. The molecule has 0 saturated carbocycles. The monoisotopic (exact) mass is 354 g/mol. The number of nitrogens with zero attached hydrogens (tertiary/aromatic N) is 1. The molecule has 1 saturated heterocycles. The molecule has 1 N–H and O–H groups in total. The van der Waals surface area contributed by atoms with Crippen LogP contribution in [-0.4, -0.2) is 42.1 Å². The SMILES string of the molecule is CC(=O)N1CCC[C@@H](C(=O)NCCCSc2ccc(Cl)cc2)C1. The summed E-state index contributed by atoms with van der Waals surface area (Å²) in [6, 6.07) is 7.78. The smallest absolute Gasteiger partial charge is 0.224 e. The lowest BCUT2D eigenvalue weighted by Crippen LogP contribution is -2.44. The number of carbonyl (C=O) groups excluding carboxylic acids is 2. The Balaban J connectivity index is 1.62. The second-order valence-electron chi connectivity index (χ2n) is 5.75. The summed E-state index contributed by atoms with van der Waals surface area (Å²) in [7, 11) is 0. The highest BCUT2D eigenvalue weighted by atomic mass is 35.5. The Morgan fingerprint density at radius 3 is 2.78 bits per heavy atom. The number of halogens is 1. The van der Waals surface area contributed by atoms with Gasteiger partial charge in [0.2, 0.25) is 11.8 Å². The van der Waals surface area contributed by atoms with Crippen molar-refractivity contribution >= 4 is 35.2 Å². The Kier molecular flexibility index (Phi) is 7.24. The molecule has 0 aromatic heterocycles. The molecule has 1 atom stereocenters. The van der Waals surface area contributed by atoms with E-state index in [0.717, 1.165) is 36.6 Å². The molecule has 0 spiro atoms. The molecule has 1 aromatic rings. The molecule has 126 valence electrons. The van der Waals surface area contributed by atoms with Crippen LogP contribution in [-0.2, 0) is 9.59 Å². The number of piperidine rings is 1. The largest absolute Gasteiger partial charge is 0.356 e. The molecule has 1 aromatic carbocycles. The summed E-state index contributed by atoms with van der Waals surface area (Å²) in [4.78, 5) is 26.5. The fourth-order valence-electron chi connectivity index (χ4n) is 2.63. The molecule has 2 rings (SSSR count). The average Bonchev–Trinajstić information content (AvgIpc) is 2.56. The van der Waals surface area contributed by atoms with E-state index in [1.807, 2.05) is 24.3 Å². The number of likely N-dealkylation sites (tertiary alicyclic amines) is 1. The molecular formula is C17H23ClN2O2S. The summed E-state index contributed by atoms with van der Waals surface area (Å²) in [6.45, 7) is 3.57. The van der Waals surface area contributed by atoms with E-state index in [1.165, 1.54) is 4.90 Å². The van der Waals surface area contributed by atoms with Crippen LogP contribution in [0.1, 0.15) is 26.2 Å². The van der Waals surface area contributed by atoms with Gasteiger partial charge >= 0.3 is 0 Å². The highest BCUT2D eigenvalue weighted by Gasteiger charge is 2.26. The molecule has 2 amide bonds. The topological polar surface area (TPSA) is 49.4 Å². The molecule has 1 heterocycles. The molecule has 6 heteroatoms. The number of amides is 2. The average molecular weight is 355 g/mol. The fraction of sp³-hybridized carbons (Fsp3) is 0.529. The summed E-state index contributed by atoms with van der Waals surface area (Å²) in [6.07, 6.45) is 2.70. The van der Waals surface area contributed by atoms with Gasteiger partial charge in [0.25, 0.3) is 0 Å². The van der Waals surface area contributed by atoms with Crippen molar-refractivity contribution in [1.29, 1.82) is 0 Å². The molecule has 0 aliphatic carbocycles. The van der Waals surface area contributed by atoms with Gasteiger partial charge < -0.3 is 10.2 Å². The van der Waals surface area contributed by atoms with Crippen LogP contribution in [0.3, 0.4) is 0 Å². The molecule has 0 radical (unpaired) electrons. The molecule has 1 aliphatic heterocycles. The zero-order valence-corrected chi connectivity index (χ0v) is 15.0. The van der Waals surface area contributed by atoms with Gasteiger partial charge in [-0.25, -0.2) is 0 Å². The van der Waals surface area contributed by atoms with E-state index >= 15 is 0 Å². The predicted octanol–water partition coefficient (Wildman–Crippen LogP) is 3.20.